The number of rotatable bonds is 5. The quantitative estimate of drug-likeness (QED) is 0.919. The highest BCUT2D eigenvalue weighted by Crippen LogP contribution is 2.23. The van der Waals surface area contributed by atoms with Gasteiger partial charge in [0, 0.05) is 12.1 Å². The summed E-state index contributed by atoms with van der Waals surface area (Å²) in [6, 6.07) is 8.32. The average molecular weight is 295 g/mol. The van der Waals surface area contributed by atoms with E-state index in [4.69, 9.17) is 9.15 Å². The number of aryl methyl sites for hydroxylation is 2. The zero-order valence-electron chi connectivity index (χ0n) is 11.6. The van der Waals surface area contributed by atoms with Crippen molar-refractivity contribution in [1.29, 1.82) is 0 Å². The van der Waals surface area contributed by atoms with Gasteiger partial charge in [0.1, 0.15) is 22.2 Å². The first kappa shape index (κ1) is 14.6. The topological polar surface area (TPSA) is 68.5 Å². The highest BCUT2D eigenvalue weighted by Gasteiger charge is 2.19. The van der Waals surface area contributed by atoms with Gasteiger partial charge in [0.05, 0.1) is 7.11 Å². The van der Waals surface area contributed by atoms with E-state index >= 15 is 0 Å². The van der Waals surface area contributed by atoms with E-state index in [-0.39, 0.29) is 11.4 Å². The van der Waals surface area contributed by atoms with Crippen molar-refractivity contribution in [3.63, 3.8) is 0 Å². The standard InChI is InChI=1S/C14H17NO4S/c1-10-8-12(11(2)19-10)9-15-20(16,17)14-7-5-4-6-13(14)18-3/h4-8,15H,9H2,1-3H3. The number of nitrogens with one attached hydrogen (secondary N) is 1. The summed E-state index contributed by atoms with van der Waals surface area (Å²) in [5.74, 6) is 1.79. The molecule has 0 amide bonds. The number of furan rings is 1. The maximum Gasteiger partial charge on any atom is 0.244 e. The number of hydrogen-bond acceptors (Lipinski definition) is 4. The van der Waals surface area contributed by atoms with Gasteiger partial charge in [-0.2, -0.15) is 0 Å². The Kier molecular flexibility index (Phi) is 4.15. The van der Waals surface area contributed by atoms with E-state index in [1.54, 1.807) is 25.1 Å². The van der Waals surface area contributed by atoms with E-state index in [0.717, 1.165) is 11.3 Å². The molecule has 108 valence electrons. The molecule has 0 aliphatic rings. The zero-order valence-corrected chi connectivity index (χ0v) is 12.5. The lowest BCUT2D eigenvalue weighted by Crippen LogP contribution is -2.23. The first-order valence-electron chi connectivity index (χ1n) is 6.12. The Labute approximate surface area is 118 Å². The van der Waals surface area contributed by atoms with Crippen molar-refractivity contribution in [1.82, 2.24) is 4.72 Å². The third-order valence-corrected chi connectivity index (χ3v) is 4.40. The number of benzene rings is 1. The molecule has 0 spiro atoms. The summed E-state index contributed by atoms with van der Waals surface area (Å²) in [5.41, 5.74) is 0.820. The van der Waals surface area contributed by atoms with Crippen LogP contribution in [-0.2, 0) is 16.6 Å². The molecule has 0 radical (unpaired) electrons. The van der Waals surface area contributed by atoms with Crippen molar-refractivity contribution in [2.75, 3.05) is 7.11 Å². The largest absolute Gasteiger partial charge is 0.495 e. The van der Waals surface area contributed by atoms with Crippen LogP contribution < -0.4 is 9.46 Å². The normalized spacial score (nSPS) is 11.6. The number of para-hydroxylation sites is 1. The lowest BCUT2D eigenvalue weighted by Gasteiger charge is -2.10. The Bertz CT molecular complexity index is 704. The third kappa shape index (κ3) is 3.02. The van der Waals surface area contributed by atoms with E-state index in [0.29, 0.717) is 11.5 Å². The van der Waals surface area contributed by atoms with E-state index in [2.05, 4.69) is 4.72 Å². The van der Waals surface area contributed by atoms with Crippen molar-refractivity contribution in [2.24, 2.45) is 0 Å². The monoisotopic (exact) mass is 295 g/mol. The van der Waals surface area contributed by atoms with Crippen LogP contribution in [0.5, 0.6) is 5.75 Å². The molecule has 1 aromatic heterocycles. The van der Waals surface area contributed by atoms with Crippen LogP contribution in [-0.4, -0.2) is 15.5 Å². The van der Waals surface area contributed by atoms with Crippen LogP contribution in [0.1, 0.15) is 17.1 Å². The Balaban J connectivity index is 2.21. The first-order chi connectivity index (χ1) is 9.44. The second kappa shape index (κ2) is 5.68. The fourth-order valence-electron chi connectivity index (χ4n) is 1.95. The summed E-state index contributed by atoms with van der Waals surface area (Å²) in [6.07, 6.45) is 0. The Morgan fingerprint density at radius 2 is 1.95 bits per heavy atom. The molecule has 2 rings (SSSR count). The van der Waals surface area contributed by atoms with Crippen LogP contribution in [0.15, 0.2) is 39.6 Å². The van der Waals surface area contributed by atoms with Gasteiger partial charge >= 0.3 is 0 Å². The minimum atomic E-state index is -3.63. The highest BCUT2D eigenvalue weighted by molar-refractivity contribution is 7.89. The smallest absolute Gasteiger partial charge is 0.244 e. The molecular formula is C14H17NO4S. The SMILES string of the molecule is COc1ccccc1S(=O)(=O)NCc1cc(C)oc1C. The van der Waals surface area contributed by atoms with Gasteiger partial charge < -0.3 is 9.15 Å². The molecule has 0 atom stereocenters. The van der Waals surface area contributed by atoms with Gasteiger partial charge in [-0.3, -0.25) is 0 Å². The minimum Gasteiger partial charge on any atom is -0.495 e. The van der Waals surface area contributed by atoms with Crippen LogP contribution in [0, 0.1) is 13.8 Å². The summed E-state index contributed by atoms with van der Waals surface area (Å²) in [7, 11) is -2.18. The molecule has 6 heteroatoms. The van der Waals surface area contributed by atoms with Gasteiger partial charge in [0.2, 0.25) is 10.0 Å². The average Bonchev–Trinajstić information content (AvgIpc) is 2.75. The van der Waals surface area contributed by atoms with Crippen molar-refractivity contribution in [3.8, 4) is 5.75 Å². The molecule has 0 saturated carbocycles. The minimum absolute atomic E-state index is 0.125. The second-order valence-corrected chi connectivity index (χ2v) is 6.15. The van der Waals surface area contributed by atoms with Crippen molar-refractivity contribution < 1.29 is 17.6 Å². The number of sulfonamides is 1. The molecular weight excluding hydrogens is 278 g/mol. The fraction of sp³-hybridized carbons (Fsp3) is 0.286. The Morgan fingerprint density at radius 1 is 1.25 bits per heavy atom. The first-order valence-corrected chi connectivity index (χ1v) is 7.61. The lowest BCUT2D eigenvalue weighted by atomic mass is 10.2. The molecule has 5 nitrogen and oxygen atoms in total. The molecule has 0 fully saturated rings. The lowest BCUT2D eigenvalue weighted by molar-refractivity contribution is 0.402. The van der Waals surface area contributed by atoms with Crippen LogP contribution >= 0.6 is 0 Å². The van der Waals surface area contributed by atoms with E-state index in [1.807, 2.05) is 13.0 Å². The zero-order chi connectivity index (χ0) is 14.8. The molecule has 20 heavy (non-hydrogen) atoms. The Morgan fingerprint density at radius 3 is 2.55 bits per heavy atom. The maximum absolute atomic E-state index is 12.3. The molecule has 0 saturated heterocycles. The summed E-state index contributed by atoms with van der Waals surface area (Å²) in [6.45, 7) is 3.81. The van der Waals surface area contributed by atoms with Crippen LogP contribution in [0.25, 0.3) is 0 Å². The molecule has 1 heterocycles. The maximum atomic E-state index is 12.3. The van der Waals surface area contributed by atoms with Crippen LogP contribution in [0.2, 0.25) is 0 Å². The highest BCUT2D eigenvalue weighted by atomic mass is 32.2. The summed E-state index contributed by atoms with van der Waals surface area (Å²) >= 11 is 0. The predicted octanol–water partition coefficient (Wildman–Crippen LogP) is 2.38. The third-order valence-electron chi connectivity index (χ3n) is 2.96. The van der Waals surface area contributed by atoms with Gasteiger partial charge in [-0.05, 0) is 32.0 Å². The molecule has 1 aromatic carbocycles. The van der Waals surface area contributed by atoms with Crippen LogP contribution in [0.4, 0.5) is 0 Å². The van der Waals surface area contributed by atoms with E-state index in [1.165, 1.54) is 13.2 Å². The van der Waals surface area contributed by atoms with Crippen molar-refractivity contribution >= 4 is 10.0 Å². The summed E-state index contributed by atoms with van der Waals surface area (Å²) in [5, 5.41) is 0. The van der Waals surface area contributed by atoms with Gasteiger partial charge in [0.15, 0.2) is 0 Å². The molecule has 1 N–H and O–H groups in total. The van der Waals surface area contributed by atoms with Crippen molar-refractivity contribution in [3.05, 3.63) is 47.4 Å². The molecule has 0 aliphatic heterocycles. The molecule has 2 aromatic rings. The van der Waals surface area contributed by atoms with Crippen molar-refractivity contribution in [2.45, 2.75) is 25.3 Å². The fourth-order valence-corrected chi connectivity index (χ4v) is 3.13. The molecule has 0 bridgehead atoms. The van der Waals surface area contributed by atoms with E-state index in [9.17, 15) is 8.42 Å². The molecule has 0 aliphatic carbocycles. The second-order valence-electron chi connectivity index (χ2n) is 4.41. The number of ether oxygens (including phenoxy) is 1. The molecule has 0 unspecified atom stereocenters. The number of methoxy groups -OCH3 is 1. The Hall–Kier alpha value is -1.79. The summed E-state index contributed by atoms with van der Waals surface area (Å²) in [4.78, 5) is 0.125. The van der Waals surface area contributed by atoms with Gasteiger partial charge in [0.25, 0.3) is 0 Å². The van der Waals surface area contributed by atoms with Gasteiger partial charge in [-0.15, -0.1) is 0 Å². The van der Waals surface area contributed by atoms with Gasteiger partial charge in [-0.1, -0.05) is 12.1 Å². The number of hydrogen-bond donors (Lipinski definition) is 1. The van der Waals surface area contributed by atoms with E-state index < -0.39 is 10.0 Å². The summed E-state index contributed by atoms with van der Waals surface area (Å²) < 4.78 is 37.6. The van der Waals surface area contributed by atoms with Gasteiger partial charge in [-0.25, -0.2) is 13.1 Å². The van der Waals surface area contributed by atoms with Crippen LogP contribution in [0.3, 0.4) is 0 Å². The predicted molar refractivity (Wildman–Crippen MR) is 75.2 cm³/mol.